The van der Waals surface area contributed by atoms with Crippen LogP contribution < -0.4 is 5.32 Å². The predicted octanol–water partition coefficient (Wildman–Crippen LogP) is 4.34. The molecule has 1 N–H and O–H groups in total. The lowest BCUT2D eigenvalue weighted by Gasteiger charge is -2.11. The summed E-state index contributed by atoms with van der Waals surface area (Å²) < 4.78 is 2.02. The first kappa shape index (κ1) is 14.5. The average Bonchev–Trinajstić information content (AvgIpc) is 3.14. The van der Waals surface area contributed by atoms with Crippen LogP contribution in [-0.4, -0.2) is 14.5 Å². The fourth-order valence-corrected chi connectivity index (χ4v) is 2.87. The number of aryl methyl sites for hydroxylation is 1. The molecule has 2 heterocycles. The fourth-order valence-electron chi connectivity index (χ4n) is 2.87. The minimum atomic E-state index is 0.752. The molecule has 4 aromatic rings. The highest BCUT2D eigenvalue weighted by atomic mass is 15.0. The Morgan fingerprint density at radius 3 is 2.83 bits per heavy atom. The number of rotatable bonds is 4. The van der Waals surface area contributed by atoms with Gasteiger partial charge in [0.05, 0.1) is 11.8 Å². The lowest BCUT2D eigenvalue weighted by Crippen LogP contribution is -2.01. The zero-order valence-corrected chi connectivity index (χ0v) is 13.5. The molecular formula is C20H18N4. The van der Waals surface area contributed by atoms with Gasteiger partial charge in [0.1, 0.15) is 0 Å². The molecule has 0 saturated carbocycles. The summed E-state index contributed by atoms with van der Waals surface area (Å²) >= 11 is 0. The highest BCUT2D eigenvalue weighted by Gasteiger charge is 2.03. The molecule has 0 atom stereocenters. The van der Waals surface area contributed by atoms with Gasteiger partial charge in [0.2, 0.25) is 0 Å². The quantitative estimate of drug-likeness (QED) is 0.609. The van der Waals surface area contributed by atoms with Crippen molar-refractivity contribution in [2.24, 2.45) is 0 Å². The van der Waals surface area contributed by atoms with Crippen molar-refractivity contribution in [1.29, 1.82) is 0 Å². The molecule has 0 unspecified atom stereocenters. The van der Waals surface area contributed by atoms with E-state index in [4.69, 9.17) is 0 Å². The van der Waals surface area contributed by atoms with Gasteiger partial charge in [0.15, 0.2) is 0 Å². The van der Waals surface area contributed by atoms with E-state index in [1.165, 1.54) is 16.5 Å². The second-order valence-electron chi connectivity index (χ2n) is 5.86. The van der Waals surface area contributed by atoms with Crippen LogP contribution in [0, 0.1) is 6.92 Å². The Kier molecular flexibility index (Phi) is 3.71. The number of fused-ring (bicyclic) bond motifs is 1. The lowest BCUT2D eigenvalue weighted by molar-refractivity contribution is 1.04. The average molecular weight is 314 g/mol. The van der Waals surface area contributed by atoms with Crippen LogP contribution in [0.15, 0.2) is 73.4 Å². The summed E-state index contributed by atoms with van der Waals surface area (Å²) in [4.78, 5) is 8.61. The minimum absolute atomic E-state index is 0.752. The van der Waals surface area contributed by atoms with E-state index < -0.39 is 0 Å². The van der Waals surface area contributed by atoms with Crippen LogP contribution in [-0.2, 0) is 6.54 Å². The minimum Gasteiger partial charge on any atom is -0.381 e. The van der Waals surface area contributed by atoms with Gasteiger partial charge >= 0.3 is 0 Å². The summed E-state index contributed by atoms with van der Waals surface area (Å²) in [5, 5.41) is 4.64. The standard InChI is InChI=1S/C20H18N4/c1-15-10-18(6-7-20(15)24-9-8-21-14-24)22-12-16-11-17-4-2-3-5-19(17)23-13-16/h2-11,13-14,22H,12H2,1H3. The van der Waals surface area contributed by atoms with Crippen molar-refractivity contribution in [1.82, 2.24) is 14.5 Å². The molecule has 0 spiro atoms. The molecule has 0 radical (unpaired) electrons. The maximum Gasteiger partial charge on any atom is 0.0991 e. The summed E-state index contributed by atoms with van der Waals surface area (Å²) in [7, 11) is 0. The molecule has 2 aromatic carbocycles. The molecule has 4 heteroatoms. The molecular weight excluding hydrogens is 296 g/mol. The van der Waals surface area contributed by atoms with E-state index in [0.29, 0.717) is 0 Å². The van der Waals surface area contributed by atoms with Crippen LogP contribution in [0.25, 0.3) is 16.6 Å². The van der Waals surface area contributed by atoms with Crippen LogP contribution in [0.4, 0.5) is 5.69 Å². The van der Waals surface area contributed by atoms with E-state index in [1.807, 2.05) is 41.5 Å². The number of imidazole rings is 1. The van der Waals surface area contributed by atoms with E-state index >= 15 is 0 Å². The summed E-state index contributed by atoms with van der Waals surface area (Å²) in [6, 6.07) is 16.7. The number of aromatic nitrogens is 3. The molecule has 4 nitrogen and oxygen atoms in total. The van der Waals surface area contributed by atoms with Gasteiger partial charge in [-0.15, -0.1) is 0 Å². The third-order valence-corrected chi connectivity index (χ3v) is 4.12. The van der Waals surface area contributed by atoms with Gasteiger partial charge in [-0.05, 0) is 48.4 Å². The molecule has 118 valence electrons. The second kappa shape index (κ2) is 6.16. The SMILES string of the molecule is Cc1cc(NCc2cnc3ccccc3c2)ccc1-n1ccnc1. The third kappa shape index (κ3) is 2.86. The number of para-hydroxylation sites is 1. The first-order chi connectivity index (χ1) is 11.8. The number of anilines is 1. The third-order valence-electron chi connectivity index (χ3n) is 4.12. The highest BCUT2D eigenvalue weighted by Crippen LogP contribution is 2.20. The molecule has 0 amide bonds. The first-order valence-corrected chi connectivity index (χ1v) is 7.96. The predicted molar refractivity (Wildman–Crippen MR) is 97.4 cm³/mol. The maximum absolute atomic E-state index is 4.51. The molecule has 0 saturated heterocycles. The molecule has 0 aliphatic heterocycles. The van der Waals surface area contributed by atoms with Gasteiger partial charge in [0, 0.05) is 41.9 Å². The normalized spacial score (nSPS) is 10.9. The van der Waals surface area contributed by atoms with Gasteiger partial charge in [0.25, 0.3) is 0 Å². The van der Waals surface area contributed by atoms with Crippen LogP contribution in [0.1, 0.15) is 11.1 Å². The Hall–Kier alpha value is -3.14. The Morgan fingerprint density at radius 1 is 1.08 bits per heavy atom. The van der Waals surface area contributed by atoms with Crippen LogP contribution >= 0.6 is 0 Å². The largest absolute Gasteiger partial charge is 0.381 e. The summed E-state index contributed by atoms with van der Waals surface area (Å²) in [5.41, 5.74) is 5.65. The van der Waals surface area contributed by atoms with Gasteiger partial charge in [-0.3, -0.25) is 4.98 Å². The van der Waals surface area contributed by atoms with E-state index in [1.54, 1.807) is 6.20 Å². The molecule has 0 fully saturated rings. The molecule has 2 aromatic heterocycles. The van der Waals surface area contributed by atoms with Crippen LogP contribution in [0.3, 0.4) is 0 Å². The molecule has 24 heavy (non-hydrogen) atoms. The van der Waals surface area contributed by atoms with Crippen LogP contribution in [0.2, 0.25) is 0 Å². The number of nitrogens with one attached hydrogen (secondary N) is 1. The lowest BCUT2D eigenvalue weighted by atomic mass is 10.1. The number of pyridine rings is 1. The molecule has 0 bridgehead atoms. The Bertz CT molecular complexity index is 974. The van der Waals surface area contributed by atoms with Crippen molar-refractivity contribution in [2.45, 2.75) is 13.5 Å². The van der Waals surface area contributed by atoms with E-state index in [9.17, 15) is 0 Å². The Labute approximate surface area is 140 Å². The van der Waals surface area contributed by atoms with Gasteiger partial charge in [-0.1, -0.05) is 18.2 Å². The summed E-state index contributed by atoms with van der Waals surface area (Å²) in [6.07, 6.45) is 7.49. The number of benzene rings is 2. The molecule has 0 aliphatic carbocycles. The van der Waals surface area contributed by atoms with Crippen molar-refractivity contribution in [3.8, 4) is 5.69 Å². The van der Waals surface area contributed by atoms with Gasteiger partial charge in [-0.25, -0.2) is 4.98 Å². The molecule has 4 rings (SSSR count). The zero-order chi connectivity index (χ0) is 16.4. The smallest absolute Gasteiger partial charge is 0.0991 e. The van der Waals surface area contributed by atoms with E-state index in [0.717, 1.165) is 23.4 Å². The van der Waals surface area contributed by atoms with Crippen molar-refractivity contribution in [2.75, 3.05) is 5.32 Å². The highest BCUT2D eigenvalue weighted by molar-refractivity contribution is 5.78. The number of hydrogen-bond acceptors (Lipinski definition) is 3. The van der Waals surface area contributed by atoms with Crippen molar-refractivity contribution in [3.05, 3.63) is 84.6 Å². The maximum atomic E-state index is 4.51. The van der Waals surface area contributed by atoms with Crippen molar-refractivity contribution in [3.63, 3.8) is 0 Å². The monoisotopic (exact) mass is 314 g/mol. The Balaban J connectivity index is 1.51. The van der Waals surface area contributed by atoms with Gasteiger partial charge in [-0.2, -0.15) is 0 Å². The fraction of sp³-hybridized carbons (Fsp3) is 0.100. The number of nitrogens with zero attached hydrogens (tertiary/aromatic N) is 3. The van der Waals surface area contributed by atoms with E-state index in [-0.39, 0.29) is 0 Å². The zero-order valence-electron chi connectivity index (χ0n) is 13.5. The Morgan fingerprint density at radius 2 is 2.00 bits per heavy atom. The summed E-state index contributed by atoms with van der Waals surface area (Å²) in [6.45, 7) is 2.86. The molecule has 0 aliphatic rings. The summed E-state index contributed by atoms with van der Waals surface area (Å²) in [5.74, 6) is 0. The van der Waals surface area contributed by atoms with Crippen molar-refractivity contribution < 1.29 is 0 Å². The first-order valence-electron chi connectivity index (χ1n) is 7.96. The topological polar surface area (TPSA) is 42.7 Å². The van der Waals surface area contributed by atoms with Crippen LogP contribution in [0.5, 0.6) is 0 Å². The van der Waals surface area contributed by atoms with Gasteiger partial charge < -0.3 is 9.88 Å². The van der Waals surface area contributed by atoms with Crippen molar-refractivity contribution >= 4 is 16.6 Å². The van der Waals surface area contributed by atoms with E-state index in [2.05, 4.69) is 52.5 Å². The number of hydrogen-bond donors (Lipinski definition) is 1. The second-order valence-corrected chi connectivity index (χ2v) is 5.86.